The third-order valence-corrected chi connectivity index (χ3v) is 4.24. The van der Waals surface area contributed by atoms with Crippen molar-refractivity contribution in [2.24, 2.45) is 4.99 Å². The topological polar surface area (TPSA) is 178 Å². The molecule has 11 nitrogen and oxygen atoms in total. The highest BCUT2D eigenvalue weighted by molar-refractivity contribution is 6.10. The fourth-order valence-corrected chi connectivity index (χ4v) is 2.71. The fraction of sp³-hybridized carbons (Fsp3) is 0.158. The fourth-order valence-electron chi connectivity index (χ4n) is 2.71. The van der Waals surface area contributed by atoms with Crippen molar-refractivity contribution in [1.82, 2.24) is 10.6 Å². The third kappa shape index (κ3) is 3.94. The highest BCUT2D eigenvalue weighted by atomic mass is 16.5. The maximum Gasteiger partial charge on any atom is 0.328 e. The number of para-hydroxylation sites is 2. The second kappa shape index (κ2) is 7.99. The predicted molar refractivity (Wildman–Crippen MR) is 101 cm³/mol. The Kier molecular flexibility index (Phi) is 5.45. The zero-order valence-electron chi connectivity index (χ0n) is 15.5. The van der Waals surface area contributed by atoms with Gasteiger partial charge in [0.2, 0.25) is 5.90 Å². The first-order valence-corrected chi connectivity index (χ1v) is 8.62. The molecule has 2 aromatic rings. The van der Waals surface area contributed by atoms with Crippen LogP contribution in [0.15, 0.2) is 41.4 Å². The van der Waals surface area contributed by atoms with Crippen molar-refractivity contribution < 1.29 is 39.5 Å². The van der Waals surface area contributed by atoms with E-state index in [1.807, 2.05) is 10.6 Å². The van der Waals surface area contributed by atoms with Gasteiger partial charge in [-0.1, -0.05) is 12.1 Å². The minimum absolute atomic E-state index is 0.0659. The van der Waals surface area contributed by atoms with Crippen LogP contribution in [-0.2, 0) is 9.53 Å². The Morgan fingerprint density at radius 3 is 2.27 bits per heavy atom. The Morgan fingerprint density at radius 1 is 0.933 bits per heavy atom. The maximum atomic E-state index is 12.4. The number of carbonyl (C=O) groups is 3. The molecule has 0 spiro atoms. The van der Waals surface area contributed by atoms with E-state index >= 15 is 0 Å². The smallest absolute Gasteiger partial charge is 0.328 e. The van der Waals surface area contributed by atoms with Gasteiger partial charge in [0.1, 0.15) is 6.10 Å². The van der Waals surface area contributed by atoms with E-state index < -0.39 is 53.0 Å². The number of nitrogens with zero attached hydrogens (tertiary/aromatic N) is 1. The molecule has 0 aliphatic carbocycles. The molecule has 1 aliphatic rings. The molecule has 0 bridgehead atoms. The second-order valence-corrected chi connectivity index (χ2v) is 6.32. The minimum atomic E-state index is -1.18. The van der Waals surface area contributed by atoms with Gasteiger partial charge in [-0.3, -0.25) is 20.2 Å². The summed E-state index contributed by atoms with van der Waals surface area (Å²) in [7, 11) is 0. The molecule has 6 N–H and O–H groups in total. The van der Waals surface area contributed by atoms with Crippen molar-refractivity contribution in [1.29, 1.82) is 0 Å². The standard InChI is InChI=1S/C19H17N3O8/c1-8-13(20-18(30-8)10-5-3-7-12(24)15(10)26)17(28)22-19(29)21-16(27)9-4-2-6-11(23)14(9)25/h2-8,13,23-26H,1H3,(H2,21,22,27,28,29). The first-order chi connectivity index (χ1) is 14.2. The molecule has 2 atom stereocenters. The number of phenolic OH excluding ortho intramolecular Hbond substituents is 4. The van der Waals surface area contributed by atoms with Gasteiger partial charge in [-0.25, -0.2) is 9.79 Å². The number of urea groups is 1. The van der Waals surface area contributed by atoms with Gasteiger partial charge in [0.25, 0.3) is 11.8 Å². The van der Waals surface area contributed by atoms with Crippen LogP contribution in [0.25, 0.3) is 0 Å². The minimum Gasteiger partial charge on any atom is -0.504 e. The van der Waals surface area contributed by atoms with Gasteiger partial charge in [0.05, 0.1) is 11.1 Å². The molecule has 2 unspecified atom stereocenters. The van der Waals surface area contributed by atoms with E-state index in [0.29, 0.717) is 0 Å². The molecular formula is C19H17N3O8. The molecule has 30 heavy (non-hydrogen) atoms. The van der Waals surface area contributed by atoms with E-state index in [4.69, 9.17) is 4.74 Å². The largest absolute Gasteiger partial charge is 0.504 e. The average Bonchev–Trinajstić information content (AvgIpc) is 3.07. The lowest BCUT2D eigenvalue weighted by atomic mass is 10.1. The summed E-state index contributed by atoms with van der Waals surface area (Å²) in [5.74, 6) is -4.16. The summed E-state index contributed by atoms with van der Waals surface area (Å²) >= 11 is 0. The van der Waals surface area contributed by atoms with Gasteiger partial charge in [-0.15, -0.1) is 0 Å². The third-order valence-electron chi connectivity index (χ3n) is 4.24. The van der Waals surface area contributed by atoms with E-state index in [0.717, 1.165) is 6.07 Å². The number of rotatable bonds is 3. The Morgan fingerprint density at radius 2 is 1.57 bits per heavy atom. The molecular weight excluding hydrogens is 398 g/mol. The lowest BCUT2D eigenvalue weighted by molar-refractivity contribution is -0.122. The molecule has 11 heteroatoms. The van der Waals surface area contributed by atoms with Gasteiger partial charge in [-0.2, -0.15) is 0 Å². The number of imide groups is 2. The zero-order chi connectivity index (χ0) is 22.0. The molecule has 0 saturated carbocycles. The number of hydrogen-bond donors (Lipinski definition) is 6. The number of carbonyl (C=O) groups excluding carboxylic acids is 3. The van der Waals surface area contributed by atoms with Crippen LogP contribution >= 0.6 is 0 Å². The lowest BCUT2D eigenvalue weighted by Gasteiger charge is -2.13. The van der Waals surface area contributed by atoms with Crippen molar-refractivity contribution in [2.75, 3.05) is 0 Å². The number of aromatic hydroxyl groups is 4. The normalized spacial score (nSPS) is 17.6. The van der Waals surface area contributed by atoms with E-state index in [-0.39, 0.29) is 17.0 Å². The maximum absolute atomic E-state index is 12.4. The number of aliphatic imine (C=N–C) groups is 1. The van der Waals surface area contributed by atoms with Gasteiger partial charge in [-0.05, 0) is 31.2 Å². The number of benzene rings is 2. The SMILES string of the molecule is CC1OC(c2cccc(O)c2O)=NC1C(=O)NC(=O)NC(=O)c1cccc(O)c1O. The Hall–Kier alpha value is -4.28. The van der Waals surface area contributed by atoms with Crippen molar-refractivity contribution in [2.45, 2.75) is 19.1 Å². The van der Waals surface area contributed by atoms with Gasteiger partial charge in [0, 0.05) is 0 Å². The van der Waals surface area contributed by atoms with Crippen LogP contribution in [0.3, 0.4) is 0 Å². The van der Waals surface area contributed by atoms with Gasteiger partial charge >= 0.3 is 6.03 Å². The number of nitrogens with one attached hydrogen (secondary N) is 2. The monoisotopic (exact) mass is 415 g/mol. The Bertz CT molecular complexity index is 1070. The molecule has 0 radical (unpaired) electrons. The summed E-state index contributed by atoms with van der Waals surface area (Å²) in [4.78, 5) is 40.4. The summed E-state index contributed by atoms with van der Waals surface area (Å²) < 4.78 is 5.44. The molecule has 156 valence electrons. The van der Waals surface area contributed by atoms with E-state index in [1.165, 1.54) is 37.3 Å². The van der Waals surface area contributed by atoms with Crippen LogP contribution < -0.4 is 10.6 Å². The van der Waals surface area contributed by atoms with Crippen molar-refractivity contribution in [3.05, 3.63) is 47.5 Å². The van der Waals surface area contributed by atoms with Crippen molar-refractivity contribution in [3.8, 4) is 23.0 Å². The average molecular weight is 415 g/mol. The first kappa shape index (κ1) is 20.5. The Labute approximate surface area is 169 Å². The summed E-state index contributed by atoms with van der Waals surface area (Å²) in [5, 5.41) is 42.3. The highest BCUT2D eigenvalue weighted by Crippen LogP contribution is 2.31. The molecule has 0 fully saturated rings. The highest BCUT2D eigenvalue weighted by Gasteiger charge is 2.35. The van der Waals surface area contributed by atoms with Crippen molar-refractivity contribution in [3.63, 3.8) is 0 Å². The molecule has 0 saturated heterocycles. The van der Waals surface area contributed by atoms with Gasteiger partial charge in [0.15, 0.2) is 29.0 Å². The van der Waals surface area contributed by atoms with Crippen LogP contribution in [0, 0.1) is 0 Å². The molecule has 2 aromatic carbocycles. The predicted octanol–water partition coefficient (Wildman–Crippen LogP) is 0.709. The summed E-state index contributed by atoms with van der Waals surface area (Å²) in [5.41, 5.74) is -0.300. The number of phenols is 4. The summed E-state index contributed by atoms with van der Waals surface area (Å²) in [6, 6.07) is 5.39. The van der Waals surface area contributed by atoms with Crippen LogP contribution in [-0.4, -0.2) is 56.3 Å². The van der Waals surface area contributed by atoms with Crippen molar-refractivity contribution >= 4 is 23.7 Å². The van der Waals surface area contributed by atoms with Crippen LogP contribution in [0.5, 0.6) is 23.0 Å². The molecule has 1 aliphatic heterocycles. The number of hydrogen-bond acceptors (Lipinski definition) is 9. The van der Waals surface area contributed by atoms with Crippen LogP contribution in [0.2, 0.25) is 0 Å². The number of ether oxygens (including phenoxy) is 1. The lowest BCUT2D eigenvalue weighted by Crippen LogP contribution is -2.47. The summed E-state index contributed by atoms with van der Waals surface area (Å²) in [6.07, 6.45) is -0.805. The first-order valence-electron chi connectivity index (χ1n) is 8.62. The van der Waals surface area contributed by atoms with Gasteiger partial charge < -0.3 is 25.2 Å². The molecule has 0 aromatic heterocycles. The molecule has 3 rings (SSSR count). The molecule has 4 amide bonds. The quantitative estimate of drug-likeness (QED) is 0.397. The number of amides is 4. The van der Waals surface area contributed by atoms with Crippen LogP contribution in [0.1, 0.15) is 22.8 Å². The Balaban J connectivity index is 1.68. The zero-order valence-corrected chi connectivity index (χ0v) is 15.5. The summed E-state index contributed by atoms with van der Waals surface area (Å²) in [6.45, 7) is 1.51. The second-order valence-electron chi connectivity index (χ2n) is 6.32. The molecule has 1 heterocycles. The van der Waals surface area contributed by atoms with Crippen LogP contribution in [0.4, 0.5) is 4.79 Å². The van der Waals surface area contributed by atoms with E-state index in [9.17, 15) is 34.8 Å². The van der Waals surface area contributed by atoms with E-state index in [2.05, 4.69) is 4.99 Å². The van der Waals surface area contributed by atoms with E-state index in [1.54, 1.807) is 0 Å².